The molecule has 0 unspecified atom stereocenters. The van der Waals surface area contributed by atoms with Crippen LogP contribution < -0.4 is 0 Å². The van der Waals surface area contributed by atoms with Crippen molar-refractivity contribution in [2.24, 2.45) is 11.8 Å². The van der Waals surface area contributed by atoms with Crippen molar-refractivity contribution in [2.45, 2.75) is 39.0 Å². The van der Waals surface area contributed by atoms with Crippen molar-refractivity contribution in [3.63, 3.8) is 0 Å². The molecule has 86 valence electrons. The number of rotatable bonds is 3. The van der Waals surface area contributed by atoms with Gasteiger partial charge >= 0.3 is 0 Å². The van der Waals surface area contributed by atoms with Crippen molar-refractivity contribution < 1.29 is 4.79 Å². The lowest BCUT2D eigenvalue weighted by molar-refractivity contribution is -0.121. The van der Waals surface area contributed by atoms with Crippen molar-refractivity contribution in [3.8, 4) is 0 Å². The molecule has 1 aromatic carbocycles. The lowest BCUT2D eigenvalue weighted by atomic mass is 9.83. The fourth-order valence-corrected chi connectivity index (χ4v) is 2.81. The fraction of sp³-hybridized carbons (Fsp3) is 0.533. The normalized spacial score (nSPS) is 25.3. The molecule has 1 aliphatic rings. The van der Waals surface area contributed by atoms with Crippen molar-refractivity contribution in [1.82, 2.24) is 0 Å². The molecule has 1 aliphatic carbocycles. The van der Waals surface area contributed by atoms with Gasteiger partial charge in [0.05, 0.1) is 0 Å². The standard InChI is InChI=1S/C15H20O/c1-11(2)10-14-13(8-9-15(14)16)12-6-4-3-5-7-12/h3-7,11,13-14H,8-10H2,1-2H3/t13-,14-/m0/s1. The maximum atomic E-state index is 11.9. The van der Waals surface area contributed by atoms with Gasteiger partial charge in [-0.3, -0.25) is 4.79 Å². The van der Waals surface area contributed by atoms with Gasteiger partial charge in [-0.1, -0.05) is 44.2 Å². The Hall–Kier alpha value is -1.11. The van der Waals surface area contributed by atoms with Crippen LogP contribution in [0.25, 0.3) is 0 Å². The molecule has 0 aromatic heterocycles. The second kappa shape index (κ2) is 4.82. The van der Waals surface area contributed by atoms with Gasteiger partial charge in [-0.25, -0.2) is 0 Å². The zero-order valence-corrected chi connectivity index (χ0v) is 10.1. The van der Waals surface area contributed by atoms with E-state index in [9.17, 15) is 4.79 Å². The second-order valence-corrected chi connectivity index (χ2v) is 5.26. The third-order valence-electron chi connectivity index (χ3n) is 3.55. The molecule has 1 nitrogen and oxygen atoms in total. The van der Waals surface area contributed by atoms with Crippen LogP contribution in [0.4, 0.5) is 0 Å². The minimum absolute atomic E-state index is 0.266. The number of hydrogen-bond donors (Lipinski definition) is 0. The highest BCUT2D eigenvalue weighted by Gasteiger charge is 2.35. The third kappa shape index (κ3) is 2.34. The Morgan fingerprint density at radius 2 is 1.94 bits per heavy atom. The maximum Gasteiger partial charge on any atom is 0.136 e. The molecule has 16 heavy (non-hydrogen) atoms. The van der Waals surface area contributed by atoms with E-state index < -0.39 is 0 Å². The Labute approximate surface area is 97.9 Å². The van der Waals surface area contributed by atoms with Gasteiger partial charge in [0.15, 0.2) is 0 Å². The molecule has 1 aromatic rings. The van der Waals surface area contributed by atoms with Crippen LogP contribution in [0, 0.1) is 11.8 Å². The van der Waals surface area contributed by atoms with Gasteiger partial charge in [0.2, 0.25) is 0 Å². The van der Waals surface area contributed by atoms with Crippen LogP contribution in [0.1, 0.15) is 44.6 Å². The first-order chi connectivity index (χ1) is 7.68. The molecule has 0 amide bonds. The Morgan fingerprint density at radius 3 is 2.56 bits per heavy atom. The highest BCUT2D eigenvalue weighted by molar-refractivity contribution is 5.84. The van der Waals surface area contributed by atoms with Gasteiger partial charge in [-0.2, -0.15) is 0 Å². The Kier molecular flexibility index (Phi) is 3.42. The van der Waals surface area contributed by atoms with Gasteiger partial charge in [0.25, 0.3) is 0 Å². The summed E-state index contributed by atoms with van der Waals surface area (Å²) >= 11 is 0. The summed E-state index contributed by atoms with van der Waals surface area (Å²) in [5.74, 6) is 1.82. The van der Waals surface area contributed by atoms with Crippen molar-refractivity contribution >= 4 is 5.78 Å². The van der Waals surface area contributed by atoms with Crippen LogP contribution in [0.15, 0.2) is 30.3 Å². The molecule has 0 bridgehead atoms. The van der Waals surface area contributed by atoms with E-state index in [0.717, 1.165) is 19.3 Å². The quantitative estimate of drug-likeness (QED) is 0.751. The lowest BCUT2D eigenvalue weighted by Gasteiger charge is -2.20. The largest absolute Gasteiger partial charge is 0.299 e. The molecule has 0 heterocycles. The van der Waals surface area contributed by atoms with Crippen LogP contribution in [0.3, 0.4) is 0 Å². The number of benzene rings is 1. The lowest BCUT2D eigenvalue weighted by Crippen LogP contribution is -2.15. The molecule has 1 fully saturated rings. The zero-order valence-electron chi connectivity index (χ0n) is 10.1. The molecule has 1 heteroatoms. The zero-order chi connectivity index (χ0) is 11.5. The summed E-state index contributed by atoms with van der Waals surface area (Å²) in [6.45, 7) is 4.40. The average molecular weight is 216 g/mol. The smallest absolute Gasteiger partial charge is 0.136 e. The van der Waals surface area contributed by atoms with E-state index in [2.05, 4.69) is 38.1 Å². The third-order valence-corrected chi connectivity index (χ3v) is 3.55. The van der Waals surface area contributed by atoms with Gasteiger partial charge in [0.1, 0.15) is 5.78 Å². The number of carbonyl (C=O) groups excluding carboxylic acids is 1. The molecule has 0 aliphatic heterocycles. The maximum absolute atomic E-state index is 11.9. The Bertz CT molecular complexity index is 353. The highest BCUT2D eigenvalue weighted by Crippen LogP contribution is 2.40. The van der Waals surface area contributed by atoms with Gasteiger partial charge in [-0.05, 0) is 30.2 Å². The minimum Gasteiger partial charge on any atom is -0.299 e. The number of Topliss-reactive ketones (excluding diaryl/α,β-unsaturated/α-hetero) is 1. The summed E-state index contributed by atoms with van der Waals surface area (Å²) in [5.41, 5.74) is 1.35. The number of hydrogen-bond acceptors (Lipinski definition) is 1. The first-order valence-corrected chi connectivity index (χ1v) is 6.26. The van der Waals surface area contributed by atoms with Crippen molar-refractivity contribution in [3.05, 3.63) is 35.9 Å². The molecule has 0 saturated heterocycles. The van der Waals surface area contributed by atoms with Crippen molar-refractivity contribution in [2.75, 3.05) is 0 Å². The predicted octanol–water partition coefficient (Wildman–Crippen LogP) is 3.80. The van der Waals surface area contributed by atoms with E-state index in [1.165, 1.54) is 5.56 Å². The average Bonchev–Trinajstić information content (AvgIpc) is 2.61. The first kappa shape index (κ1) is 11.4. The van der Waals surface area contributed by atoms with Crippen molar-refractivity contribution in [1.29, 1.82) is 0 Å². The summed E-state index contributed by atoms with van der Waals surface area (Å²) in [5, 5.41) is 0. The van der Waals surface area contributed by atoms with E-state index in [-0.39, 0.29) is 5.92 Å². The van der Waals surface area contributed by atoms with Gasteiger partial charge in [-0.15, -0.1) is 0 Å². The summed E-state index contributed by atoms with van der Waals surface area (Å²) < 4.78 is 0. The number of carbonyl (C=O) groups is 1. The van der Waals surface area contributed by atoms with E-state index >= 15 is 0 Å². The monoisotopic (exact) mass is 216 g/mol. The molecule has 2 atom stereocenters. The van der Waals surface area contributed by atoms with E-state index in [1.54, 1.807) is 0 Å². The topological polar surface area (TPSA) is 17.1 Å². The molecule has 0 spiro atoms. The molecule has 1 saturated carbocycles. The first-order valence-electron chi connectivity index (χ1n) is 6.26. The van der Waals surface area contributed by atoms with Crippen LogP contribution in [0.2, 0.25) is 0 Å². The van der Waals surface area contributed by atoms with Crippen LogP contribution in [-0.2, 0) is 4.79 Å². The molecular formula is C15H20O. The Balaban J connectivity index is 2.18. The van der Waals surface area contributed by atoms with E-state index in [4.69, 9.17) is 0 Å². The second-order valence-electron chi connectivity index (χ2n) is 5.26. The summed E-state index contributed by atoms with van der Waals surface area (Å²) in [7, 11) is 0. The van der Waals surface area contributed by atoms with E-state index in [1.807, 2.05) is 6.07 Å². The Morgan fingerprint density at radius 1 is 1.25 bits per heavy atom. The van der Waals surface area contributed by atoms with Crippen LogP contribution >= 0.6 is 0 Å². The minimum atomic E-state index is 0.266. The highest BCUT2D eigenvalue weighted by atomic mass is 16.1. The molecule has 2 rings (SSSR count). The molecule has 0 radical (unpaired) electrons. The summed E-state index contributed by atoms with van der Waals surface area (Å²) in [6, 6.07) is 10.5. The van der Waals surface area contributed by atoms with E-state index in [0.29, 0.717) is 17.6 Å². The summed E-state index contributed by atoms with van der Waals surface area (Å²) in [6.07, 6.45) is 2.86. The number of ketones is 1. The SMILES string of the molecule is CC(C)C[C@@H]1C(=O)CC[C@H]1c1ccccc1. The van der Waals surface area contributed by atoms with Gasteiger partial charge in [0, 0.05) is 12.3 Å². The van der Waals surface area contributed by atoms with Crippen LogP contribution in [-0.4, -0.2) is 5.78 Å². The fourth-order valence-electron chi connectivity index (χ4n) is 2.81. The molecular weight excluding hydrogens is 196 g/mol. The predicted molar refractivity (Wildman–Crippen MR) is 66.4 cm³/mol. The molecule has 0 N–H and O–H groups in total. The summed E-state index contributed by atoms with van der Waals surface area (Å²) in [4.78, 5) is 11.9. The van der Waals surface area contributed by atoms with Gasteiger partial charge < -0.3 is 0 Å². The van der Waals surface area contributed by atoms with Crippen LogP contribution in [0.5, 0.6) is 0 Å².